The highest BCUT2D eigenvalue weighted by Crippen LogP contribution is 2.27. The normalized spacial score (nSPS) is 19.6. The summed E-state index contributed by atoms with van der Waals surface area (Å²) in [5.74, 6) is -0.485. The van der Waals surface area contributed by atoms with Gasteiger partial charge in [0, 0.05) is 11.3 Å². The lowest BCUT2D eigenvalue weighted by atomic mass is 9.98. The maximum Gasteiger partial charge on any atom is 0.337 e. The van der Waals surface area contributed by atoms with E-state index in [0.717, 1.165) is 0 Å². The zero-order chi connectivity index (χ0) is 12.4. The number of methoxy groups -OCH3 is 1. The van der Waals surface area contributed by atoms with Gasteiger partial charge < -0.3 is 19.8 Å². The lowest BCUT2D eigenvalue weighted by Gasteiger charge is -2.26. The fourth-order valence-electron chi connectivity index (χ4n) is 1.76. The molecule has 6 nitrogen and oxygen atoms in total. The van der Waals surface area contributed by atoms with Crippen LogP contribution >= 0.6 is 0 Å². The minimum Gasteiger partial charge on any atom is -0.472 e. The zero-order valence-electron chi connectivity index (χ0n) is 9.44. The number of esters is 1. The summed E-state index contributed by atoms with van der Waals surface area (Å²) >= 11 is 0. The van der Waals surface area contributed by atoms with Crippen LogP contribution in [0.25, 0.3) is 0 Å². The van der Waals surface area contributed by atoms with Crippen molar-refractivity contribution in [3.63, 3.8) is 0 Å². The van der Waals surface area contributed by atoms with Crippen molar-refractivity contribution in [3.8, 4) is 0 Å². The molecule has 6 heteroatoms. The van der Waals surface area contributed by atoms with Crippen LogP contribution in [-0.2, 0) is 9.53 Å². The first kappa shape index (κ1) is 11.3. The van der Waals surface area contributed by atoms with E-state index < -0.39 is 12.0 Å². The Labute approximate surface area is 97.6 Å². The molecule has 0 bridgehead atoms. The minimum absolute atomic E-state index is 0.360. The van der Waals surface area contributed by atoms with Crippen molar-refractivity contribution in [3.05, 3.63) is 35.4 Å². The van der Waals surface area contributed by atoms with Crippen LogP contribution in [0.2, 0.25) is 0 Å². The molecule has 2 amide bonds. The third-order valence-electron chi connectivity index (χ3n) is 2.55. The van der Waals surface area contributed by atoms with E-state index in [0.29, 0.717) is 16.8 Å². The maximum atomic E-state index is 11.7. The van der Waals surface area contributed by atoms with Crippen molar-refractivity contribution in [1.82, 2.24) is 10.6 Å². The van der Waals surface area contributed by atoms with Gasteiger partial charge in [-0.1, -0.05) is 0 Å². The summed E-state index contributed by atoms with van der Waals surface area (Å²) in [6.45, 7) is 1.65. The van der Waals surface area contributed by atoms with Crippen LogP contribution in [0, 0.1) is 0 Å². The first-order chi connectivity index (χ1) is 8.13. The molecule has 1 atom stereocenters. The van der Waals surface area contributed by atoms with Gasteiger partial charge in [-0.05, 0) is 13.0 Å². The van der Waals surface area contributed by atoms with E-state index in [9.17, 15) is 9.59 Å². The smallest absolute Gasteiger partial charge is 0.337 e. The van der Waals surface area contributed by atoms with Crippen LogP contribution in [0.15, 0.2) is 34.3 Å². The van der Waals surface area contributed by atoms with Crippen molar-refractivity contribution in [1.29, 1.82) is 0 Å². The van der Waals surface area contributed by atoms with Crippen molar-refractivity contribution in [2.75, 3.05) is 7.11 Å². The number of furan rings is 1. The number of carbonyl (C=O) groups is 2. The van der Waals surface area contributed by atoms with E-state index in [1.807, 2.05) is 0 Å². The fourth-order valence-corrected chi connectivity index (χ4v) is 1.76. The second-order valence-corrected chi connectivity index (χ2v) is 3.62. The Morgan fingerprint density at radius 3 is 2.88 bits per heavy atom. The topological polar surface area (TPSA) is 80.6 Å². The predicted molar refractivity (Wildman–Crippen MR) is 57.8 cm³/mol. The van der Waals surface area contributed by atoms with Gasteiger partial charge in [0.05, 0.1) is 31.3 Å². The molecule has 2 heterocycles. The van der Waals surface area contributed by atoms with E-state index in [4.69, 9.17) is 9.15 Å². The highest BCUT2D eigenvalue weighted by atomic mass is 16.5. The summed E-state index contributed by atoms with van der Waals surface area (Å²) in [4.78, 5) is 23.1. The molecule has 0 aliphatic carbocycles. The molecule has 90 valence electrons. The van der Waals surface area contributed by atoms with Gasteiger partial charge >= 0.3 is 12.0 Å². The van der Waals surface area contributed by atoms with Gasteiger partial charge in [-0.3, -0.25) is 0 Å². The highest BCUT2D eigenvalue weighted by Gasteiger charge is 2.32. The van der Waals surface area contributed by atoms with E-state index in [-0.39, 0.29) is 6.03 Å². The van der Waals surface area contributed by atoms with Gasteiger partial charge in [-0.25, -0.2) is 9.59 Å². The van der Waals surface area contributed by atoms with Crippen molar-refractivity contribution in [2.45, 2.75) is 13.0 Å². The largest absolute Gasteiger partial charge is 0.472 e. The van der Waals surface area contributed by atoms with Gasteiger partial charge in [0.15, 0.2) is 0 Å². The van der Waals surface area contributed by atoms with E-state index in [1.165, 1.54) is 19.6 Å². The third kappa shape index (κ3) is 2.01. The summed E-state index contributed by atoms with van der Waals surface area (Å²) in [6, 6.07) is 0.781. The Hall–Kier alpha value is -2.24. The number of hydrogen-bond donors (Lipinski definition) is 2. The average Bonchev–Trinajstić information content (AvgIpc) is 2.80. The Kier molecular flexibility index (Phi) is 2.86. The zero-order valence-corrected chi connectivity index (χ0v) is 9.44. The molecule has 1 aliphatic heterocycles. The summed E-state index contributed by atoms with van der Waals surface area (Å²) < 4.78 is 9.66. The number of nitrogens with one attached hydrogen (secondary N) is 2. The third-order valence-corrected chi connectivity index (χ3v) is 2.55. The lowest BCUT2D eigenvalue weighted by Crippen LogP contribution is -2.45. The molecule has 0 radical (unpaired) electrons. The Morgan fingerprint density at radius 2 is 2.29 bits per heavy atom. The molecule has 1 aromatic rings. The SMILES string of the molecule is COC(=O)C1=C(C)NC(=O)NC1c1ccoc1. The monoisotopic (exact) mass is 236 g/mol. The van der Waals surface area contributed by atoms with Gasteiger partial charge in [0.2, 0.25) is 0 Å². The second-order valence-electron chi connectivity index (χ2n) is 3.62. The van der Waals surface area contributed by atoms with E-state index in [1.54, 1.807) is 13.0 Å². The molecular formula is C11H12N2O4. The molecular weight excluding hydrogens is 224 g/mol. The van der Waals surface area contributed by atoms with Gasteiger partial charge in [0.25, 0.3) is 0 Å². The van der Waals surface area contributed by atoms with Crippen LogP contribution in [-0.4, -0.2) is 19.1 Å². The summed E-state index contributed by atoms with van der Waals surface area (Å²) in [7, 11) is 1.30. The predicted octanol–water partition coefficient (Wildman–Crippen LogP) is 1.08. The molecule has 0 saturated heterocycles. The summed E-state index contributed by atoms with van der Waals surface area (Å²) in [5, 5.41) is 5.18. The Bertz CT molecular complexity index is 476. The highest BCUT2D eigenvalue weighted by molar-refractivity contribution is 5.94. The molecule has 1 unspecified atom stereocenters. The molecule has 1 aliphatic rings. The molecule has 2 rings (SSSR count). The van der Waals surface area contributed by atoms with E-state index >= 15 is 0 Å². The van der Waals surface area contributed by atoms with Gasteiger partial charge in [-0.2, -0.15) is 0 Å². The number of ether oxygens (including phenoxy) is 1. The summed E-state index contributed by atoms with van der Waals surface area (Å²) in [6.07, 6.45) is 2.96. The summed E-state index contributed by atoms with van der Waals surface area (Å²) in [5.41, 5.74) is 1.54. The molecule has 17 heavy (non-hydrogen) atoms. The first-order valence-corrected chi connectivity index (χ1v) is 5.02. The molecule has 0 fully saturated rings. The lowest BCUT2D eigenvalue weighted by molar-refractivity contribution is -0.136. The van der Waals surface area contributed by atoms with Crippen molar-refractivity contribution < 1.29 is 18.7 Å². The molecule has 2 N–H and O–H groups in total. The van der Waals surface area contributed by atoms with Crippen LogP contribution in [0.1, 0.15) is 18.5 Å². The second kappa shape index (κ2) is 4.32. The van der Waals surface area contributed by atoms with Crippen molar-refractivity contribution >= 4 is 12.0 Å². The van der Waals surface area contributed by atoms with Crippen LogP contribution in [0.3, 0.4) is 0 Å². The quantitative estimate of drug-likeness (QED) is 0.753. The average molecular weight is 236 g/mol. The number of urea groups is 1. The molecule has 0 aromatic carbocycles. The van der Waals surface area contributed by atoms with Crippen LogP contribution < -0.4 is 10.6 Å². The number of rotatable bonds is 2. The number of carbonyl (C=O) groups excluding carboxylic acids is 2. The van der Waals surface area contributed by atoms with Crippen LogP contribution in [0.5, 0.6) is 0 Å². The molecule has 0 saturated carbocycles. The minimum atomic E-state index is -0.546. The number of amides is 2. The fraction of sp³-hybridized carbons (Fsp3) is 0.273. The standard InChI is InChI=1S/C11H12N2O4/c1-6-8(10(14)16-2)9(13-11(15)12-6)7-3-4-17-5-7/h3-5,9H,1-2H3,(H2,12,13,15). The first-order valence-electron chi connectivity index (χ1n) is 5.02. The maximum absolute atomic E-state index is 11.7. The van der Waals surface area contributed by atoms with Gasteiger partial charge in [0.1, 0.15) is 0 Å². The Morgan fingerprint density at radius 1 is 1.53 bits per heavy atom. The Balaban J connectivity index is 2.44. The van der Waals surface area contributed by atoms with E-state index in [2.05, 4.69) is 10.6 Å². The molecule has 0 spiro atoms. The van der Waals surface area contributed by atoms with Gasteiger partial charge in [-0.15, -0.1) is 0 Å². The number of hydrogen-bond acceptors (Lipinski definition) is 4. The molecule has 1 aromatic heterocycles. The van der Waals surface area contributed by atoms with Crippen molar-refractivity contribution in [2.24, 2.45) is 0 Å². The van der Waals surface area contributed by atoms with Crippen LogP contribution in [0.4, 0.5) is 4.79 Å². The number of allylic oxidation sites excluding steroid dienone is 1.